The number of carbonyl (C=O) groups is 1. The van der Waals surface area contributed by atoms with E-state index < -0.39 is 5.97 Å². The molecule has 2 rings (SSSR count). The van der Waals surface area contributed by atoms with E-state index in [-0.39, 0.29) is 5.41 Å². The van der Waals surface area contributed by atoms with E-state index in [1.807, 2.05) is 0 Å². The highest BCUT2D eigenvalue weighted by Crippen LogP contribution is 2.41. The molecular formula is C11H12BrNO2. The fraction of sp³-hybridized carbons (Fsp3) is 0.364. The lowest BCUT2D eigenvalue weighted by Gasteiger charge is -2.18. The highest BCUT2D eigenvalue weighted by molar-refractivity contribution is 9.10. The Morgan fingerprint density at radius 3 is 2.80 bits per heavy atom. The van der Waals surface area contributed by atoms with Crippen molar-refractivity contribution in [1.82, 2.24) is 0 Å². The van der Waals surface area contributed by atoms with Crippen LogP contribution in [0.4, 0.5) is 5.69 Å². The second kappa shape index (κ2) is 3.23. The Bertz CT molecular complexity index is 440. The van der Waals surface area contributed by atoms with Crippen molar-refractivity contribution in [3.63, 3.8) is 0 Å². The minimum absolute atomic E-state index is 0.0468. The van der Waals surface area contributed by atoms with Gasteiger partial charge in [-0.1, -0.05) is 29.8 Å². The van der Waals surface area contributed by atoms with E-state index in [1.165, 1.54) is 0 Å². The Hall–Kier alpha value is -1.03. The first-order valence-electron chi connectivity index (χ1n) is 4.73. The minimum Gasteiger partial charge on any atom is -0.478 e. The molecular weight excluding hydrogens is 258 g/mol. The summed E-state index contributed by atoms with van der Waals surface area (Å²) in [6, 6.07) is 3.35. The van der Waals surface area contributed by atoms with Gasteiger partial charge in [-0.15, -0.1) is 0 Å². The summed E-state index contributed by atoms with van der Waals surface area (Å²) in [5.41, 5.74) is 2.44. The van der Waals surface area contributed by atoms with E-state index in [4.69, 9.17) is 5.11 Å². The van der Waals surface area contributed by atoms with Crippen molar-refractivity contribution in [3.05, 3.63) is 27.7 Å². The molecule has 0 bridgehead atoms. The van der Waals surface area contributed by atoms with E-state index in [0.29, 0.717) is 5.56 Å². The first-order chi connectivity index (χ1) is 6.92. The number of carboxylic acid groups (broad SMARTS) is 1. The highest BCUT2D eigenvalue weighted by atomic mass is 79.9. The lowest BCUT2D eigenvalue weighted by atomic mass is 9.86. The van der Waals surface area contributed by atoms with Crippen molar-refractivity contribution in [1.29, 1.82) is 0 Å². The first kappa shape index (κ1) is 10.5. The topological polar surface area (TPSA) is 49.3 Å². The lowest BCUT2D eigenvalue weighted by molar-refractivity contribution is 0.0697. The summed E-state index contributed by atoms with van der Waals surface area (Å²) >= 11 is 3.44. The summed E-state index contributed by atoms with van der Waals surface area (Å²) in [5.74, 6) is -0.898. The molecule has 2 N–H and O–H groups in total. The Morgan fingerprint density at radius 2 is 2.20 bits per heavy atom. The normalized spacial score (nSPS) is 17.0. The second-order valence-electron chi connectivity index (χ2n) is 4.42. The Morgan fingerprint density at radius 1 is 1.53 bits per heavy atom. The van der Waals surface area contributed by atoms with Crippen molar-refractivity contribution in [3.8, 4) is 0 Å². The first-order valence-corrected chi connectivity index (χ1v) is 5.52. The zero-order chi connectivity index (χ0) is 11.2. The van der Waals surface area contributed by atoms with Gasteiger partial charge in [0.15, 0.2) is 0 Å². The fourth-order valence-corrected chi connectivity index (χ4v) is 2.96. The van der Waals surface area contributed by atoms with Crippen LogP contribution in [0.25, 0.3) is 0 Å². The van der Waals surface area contributed by atoms with Crippen molar-refractivity contribution in [2.45, 2.75) is 19.3 Å². The van der Waals surface area contributed by atoms with Crippen LogP contribution in [-0.4, -0.2) is 17.6 Å². The SMILES string of the molecule is CC1(C)CNc2cc(C(=O)O)cc(Br)c21. The number of fused-ring (bicyclic) bond motifs is 1. The van der Waals surface area contributed by atoms with Crippen LogP contribution in [-0.2, 0) is 5.41 Å². The van der Waals surface area contributed by atoms with Crippen LogP contribution in [0.2, 0.25) is 0 Å². The van der Waals surface area contributed by atoms with Crippen molar-refractivity contribution >= 4 is 27.6 Å². The second-order valence-corrected chi connectivity index (χ2v) is 5.28. The molecule has 1 aromatic rings. The third-order valence-electron chi connectivity index (χ3n) is 2.73. The van der Waals surface area contributed by atoms with E-state index in [0.717, 1.165) is 22.3 Å². The molecule has 1 aromatic carbocycles. The van der Waals surface area contributed by atoms with Gasteiger partial charge in [-0.25, -0.2) is 4.79 Å². The molecule has 0 radical (unpaired) electrons. The largest absolute Gasteiger partial charge is 0.478 e. The summed E-state index contributed by atoms with van der Waals surface area (Å²) in [6.07, 6.45) is 0. The van der Waals surface area contributed by atoms with Gasteiger partial charge < -0.3 is 10.4 Å². The van der Waals surface area contributed by atoms with Crippen LogP contribution in [0.15, 0.2) is 16.6 Å². The number of hydrogen-bond acceptors (Lipinski definition) is 2. The Kier molecular flexibility index (Phi) is 2.26. The number of nitrogens with one attached hydrogen (secondary N) is 1. The number of hydrogen-bond donors (Lipinski definition) is 2. The van der Waals surface area contributed by atoms with Gasteiger partial charge in [0.1, 0.15) is 0 Å². The van der Waals surface area contributed by atoms with E-state index in [2.05, 4.69) is 35.1 Å². The fourth-order valence-electron chi connectivity index (χ4n) is 1.96. The van der Waals surface area contributed by atoms with Crippen LogP contribution in [0, 0.1) is 0 Å². The summed E-state index contributed by atoms with van der Waals surface area (Å²) < 4.78 is 0.868. The van der Waals surface area contributed by atoms with Gasteiger partial charge in [-0.3, -0.25) is 0 Å². The number of halogens is 1. The van der Waals surface area contributed by atoms with Crippen LogP contribution >= 0.6 is 15.9 Å². The lowest BCUT2D eigenvalue weighted by Crippen LogP contribution is -2.19. The molecule has 0 atom stereocenters. The molecule has 4 heteroatoms. The third-order valence-corrected chi connectivity index (χ3v) is 3.36. The van der Waals surface area contributed by atoms with Gasteiger partial charge in [0.05, 0.1) is 5.56 Å². The average Bonchev–Trinajstić information content (AvgIpc) is 2.42. The maximum Gasteiger partial charge on any atom is 0.335 e. The monoisotopic (exact) mass is 269 g/mol. The standard InChI is InChI=1S/C11H12BrNO2/c1-11(2)5-13-8-4-6(10(14)15)3-7(12)9(8)11/h3-4,13H,5H2,1-2H3,(H,14,15). The van der Waals surface area contributed by atoms with E-state index in [1.54, 1.807) is 12.1 Å². The van der Waals surface area contributed by atoms with Crippen LogP contribution in [0.5, 0.6) is 0 Å². The van der Waals surface area contributed by atoms with Crippen molar-refractivity contribution in [2.75, 3.05) is 11.9 Å². The zero-order valence-corrected chi connectivity index (χ0v) is 10.2. The van der Waals surface area contributed by atoms with Gasteiger partial charge in [-0.2, -0.15) is 0 Å². The molecule has 0 aromatic heterocycles. The molecule has 0 spiro atoms. The predicted octanol–water partition coefficient (Wildman–Crippen LogP) is 2.85. The minimum atomic E-state index is -0.898. The summed E-state index contributed by atoms with van der Waals surface area (Å²) in [5, 5.41) is 12.2. The molecule has 0 saturated heterocycles. The molecule has 0 unspecified atom stereocenters. The van der Waals surface area contributed by atoms with Crippen LogP contribution in [0.1, 0.15) is 29.8 Å². The van der Waals surface area contributed by atoms with Crippen molar-refractivity contribution in [2.24, 2.45) is 0 Å². The molecule has 1 aliphatic heterocycles. The summed E-state index contributed by atoms with van der Waals surface area (Å²) in [6.45, 7) is 5.11. The van der Waals surface area contributed by atoms with Gasteiger partial charge in [-0.05, 0) is 17.7 Å². The molecule has 0 saturated carbocycles. The van der Waals surface area contributed by atoms with Gasteiger partial charge in [0, 0.05) is 22.1 Å². The molecule has 0 amide bonds. The van der Waals surface area contributed by atoms with Crippen LogP contribution in [0.3, 0.4) is 0 Å². The Balaban J connectivity index is 2.61. The third kappa shape index (κ3) is 1.63. The Labute approximate surface area is 96.6 Å². The molecule has 0 fully saturated rings. The summed E-state index contributed by atoms with van der Waals surface area (Å²) in [7, 11) is 0. The van der Waals surface area contributed by atoms with Crippen LogP contribution < -0.4 is 5.32 Å². The summed E-state index contributed by atoms with van der Waals surface area (Å²) in [4.78, 5) is 10.9. The molecule has 80 valence electrons. The maximum absolute atomic E-state index is 10.9. The van der Waals surface area contributed by atoms with Crippen molar-refractivity contribution < 1.29 is 9.90 Å². The molecule has 3 nitrogen and oxygen atoms in total. The molecule has 1 aliphatic rings. The van der Waals surface area contributed by atoms with Gasteiger partial charge in [0.2, 0.25) is 0 Å². The number of rotatable bonds is 1. The molecule has 1 heterocycles. The maximum atomic E-state index is 10.9. The quantitative estimate of drug-likeness (QED) is 0.825. The zero-order valence-electron chi connectivity index (χ0n) is 8.60. The highest BCUT2D eigenvalue weighted by Gasteiger charge is 2.32. The average molecular weight is 270 g/mol. The number of anilines is 1. The number of benzene rings is 1. The molecule has 0 aliphatic carbocycles. The van der Waals surface area contributed by atoms with Gasteiger partial charge >= 0.3 is 5.97 Å². The molecule has 15 heavy (non-hydrogen) atoms. The smallest absolute Gasteiger partial charge is 0.335 e. The van der Waals surface area contributed by atoms with Gasteiger partial charge in [0.25, 0.3) is 0 Å². The van der Waals surface area contributed by atoms with E-state index >= 15 is 0 Å². The number of aromatic carboxylic acids is 1. The van der Waals surface area contributed by atoms with E-state index in [9.17, 15) is 4.79 Å². The predicted molar refractivity (Wildman–Crippen MR) is 62.6 cm³/mol. The number of carboxylic acids is 1.